The van der Waals surface area contributed by atoms with Crippen LogP contribution in [-0.2, 0) is 17.7 Å². The van der Waals surface area contributed by atoms with Crippen molar-refractivity contribution in [3.05, 3.63) is 89.0 Å². The molecule has 1 atom stereocenters. The molecule has 1 aliphatic rings. The summed E-state index contributed by atoms with van der Waals surface area (Å²) in [6, 6.07) is 19.9. The van der Waals surface area contributed by atoms with Crippen LogP contribution in [0.1, 0.15) is 38.8 Å². The zero-order valence-corrected chi connectivity index (χ0v) is 17.7. The van der Waals surface area contributed by atoms with Crippen molar-refractivity contribution >= 4 is 28.7 Å². The number of fused-ring (bicyclic) bond motifs is 2. The highest BCUT2D eigenvalue weighted by atomic mass is 32.2. The Labute approximate surface area is 178 Å². The SMILES string of the molecule is CCN1C(=O)c2ccccc2[S@+]([O-])c2ccc(C(=O)NCc3ccc(C)cc3)cc21. The average Bonchev–Trinajstić information content (AvgIpc) is 2.86. The second kappa shape index (κ2) is 8.34. The number of aryl methyl sites for hydroxylation is 1. The molecule has 0 unspecified atom stereocenters. The summed E-state index contributed by atoms with van der Waals surface area (Å²) in [6.07, 6.45) is 0. The Hall–Kier alpha value is -3.09. The summed E-state index contributed by atoms with van der Waals surface area (Å²) in [7, 11) is 0. The maximum atomic E-state index is 13.2. The summed E-state index contributed by atoms with van der Waals surface area (Å²) < 4.78 is 13.2. The zero-order valence-electron chi connectivity index (χ0n) is 16.8. The molecule has 0 aliphatic carbocycles. The quantitative estimate of drug-likeness (QED) is 0.649. The van der Waals surface area contributed by atoms with Gasteiger partial charge in [0.15, 0.2) is 9.79 Å². The van der Waals surface area contributed by atoms with Crippen molar-refractivity contribution in [2.24, 2.45) is 0 Å². The molecule has 1 aliphatic heterocycles. The lowest BCUT2D eigenvalue weighted by Crippen LogP contribution is -2.31. The Morgan fingerprint density at radius 2 is 1.77 bits per heavy atom. The van der Waals surface area contributed by atoms with Crippen molar-refractivity contribution in [3.63, 3.8) is 0 Å². The van der Waals surface area contributed by atoms with Gasteiger partial charge in [-0.15, -0.1) is 0 Å². The normalized spacial score (nSPS) is 15.2. The van der Waals surface area contributed by atoms with Gasteiger partial charge in [-0.25, -0.2) is 0 Å². The van der Waals surface area contributed by atoms with Gasteiger partial charge in [-0.05, 0) is 49.7 Å². The van der Waals surface area contributed by atoms with Crippen molar-refractivity contribution in [1.82, 2.24) is 5.32 Å². The lowest BCUT2D eigenvalue weighted by atomic mass is 10.1. The third kappa shape index (κ3) is 3.72. The van der Waals surface area contributed by atoms with Crippen LogP contribution in [0.15, 0.2) is 76.5 Å². The number of amides is 2. The minimum atomic E-state index is -1.50. The highest BCUT2D eigenvalue weighted by Gasteiger charge is 2.35. The maximum absolute atomic E-state index is 13.2. The van der Waals surface area contributed by atoms with E-state index in [0.29, 0.717) is 39.7 Å². The summed E-state index contributed by atoms with van der Waals surface area (Å²) in [5.41, 5.74) is 3.54. The molecule has 4 rings (SSSR count). The Morgan fingerprint density at radius 1 is 1.03 bits per heavy atom. The van der Waals surface area contributed by atoms with Crippen molar-refractivity contribution in [2.75, 3.05) is 11.4 Å². The molecule has 3 aromatic rings. The van der Waals surface area contributed by atoms with Gasteiger partial charge in [0.2, 0.25) is 0 Å². The highest BCUT2D eigenvalue weighted by molar-refractivity contribution is 7.91. The van der Waals surface area contributed by atoms with Gasteiger partial charge in [0.25, 0.3) is 11.8 Å². The molecular formula is C24H22N2O3S. The first-order valence-electron chi connectivity index (χ1n) is 9.80. The summed E-state index contributed by atoms with van der Waals surface area (Å²) >= 11 is -1.50. The van der Waals surface area contributed by atoms with E-state index in [1.165, 1.54) is 0 Å². The molecule has 3 aromatic carbocycles. The molecule has 1 heterocycles. The van der Waals surface area contributed by atoms with Gasteiger partial charge >= 0.3 is 0 Å². The highest BCUT2D eigenvalue weighted by Crippen LogP contribution is 2.37. The minimum Gasteiger partial charge on any atom is -0.606 e. The standard InChI is InChI=1S/C24H22N2O3S/c1-3-26-20-14-18(23(27)25-15-17-10-8-16(2)9-11-17)12-13-22(20)30(29)21-7-5-4-6-19(21)24(26)28/h4-14H,3,15H2,1-2H3,(H,25,27)/t30-/m0/s1. The fourth-order valence-corrected chi connectivity index (χ4v) is 4.85. The Balaban J connectivity index is 1.65. The molecule has 0 spiro atoms. The molecule has 0 radical (unpaired) electrons. The monoisotopic (exact) mass is 418 g/mol. The number of carbonyl (C=O) groups is 2. The Bertz CT molecular complexity index is 1110. The molecule has 152 valence electrons. The maximum Gasteiger partial charge on any atom is 0.263 e. The van der Waals surface area contributed by atoms with Crippen LogP contribution < -0.4 is 10.2 Å². The van der Waals surface area contributed by atoms with E-state index < -0.39 is 11.2 Å². The van der Waals surface area contributed by atoms with Gasteiger partial charge in [-0.2, -0.15) is 0 Å². The fraction of sp³-hybridized carbons (Fsp3) is 0.167. The Kier molecular flexibility index (Phi) is 5.61. The van der Waals surface area contributed by atoms with E-state index in [4.69, 9.17) is 0 Å². The molecule has 30 heavy (non-hydrogen) atoms. The lowest BCUT2D eigenvalue weighted by molar-refractivity contribution is 0.0947. The van der Waals surface area contributed by atoms with Gasteiger partial charge in [0, 0.05) is 29.8 Å². The van der Waals surface area contributed by atoms with E-state index in [1.54, 1.807) is 47.4 Å². The van der Waals surface area contributed by atoms with Crippen molar-refractivity contribution < 1.29 is 14.1 Å². The molecule has 0 saturated carbocycles. The second-order valence-electron chi connectivity index (χ2n) is 7.17. The first kappa shape index (κ1) is 20.2. The van der Waals surface area contributed by atoms with Gasteiger partial charge in [0.1, 0.15) is 5.69 Å². The zero-order chi connectivity index (χ0) is 21.3. The first-order chi connectivity index (χ1) is 14.5. The van der Waals surface area contributed by atoms with Crippen molar-refractivity contribution in [2.45, 2.75) is 30.2 Å². The van der Waals surface area contributed by atoms with E-state index in [0.717, 1.165) is 11.1 Å². The van der Waals surface area contributed by atoms with Gasteiger partial charge in [-0.1, -0.05) is 42.0 Å². The van der Waals surface area contributed by atoms with Crippen LogP contribution >= 0.6 is 0 Å². The molecule has 0 fully saturated rings. The van der Waals surface area contributed by atoms with E-state index in [2.05, 4.69) is 5.32 Å². The topological polar surface area (TPSA) is 72.5 Å². The van der Waals surface area contributed by atoms with Crippen molar-refractivity contribution in [1.29, 1.82) is 0 Å². The van der Waals surface area contributed by atoms with E-state index >= 15 is 0 Å². The van der Waals surface area contributed by atoms with Crippen LogP contribution in [0.2, 0.25) is 0 Å². The molecule has 6 heteroatoms. The van der Waals surface area contributed by atoms with E-state index in [1.807, 2.05) is 38.1 Å². The van der Waals surface area contributed by atoms with E-state index in [9.17, 15) is 14.1 Å². The van der Waals surface area contributed by atoms with Crippen LogP contribution in [0, 0.1) is 6.92 Å². The fourth-order valence-electron chi connectivity index (χ4n) is 3.51. The van der Waals surface area contributed by atoms with Gasteiger partial charge in [0.05, 0.1) is 5.56 Å². The number of benzene rings is 3. The Morgan fingerprint density at radius 3 is 2.50 bits per heavy atom. The van der Waals surface area contributed by atoms with E-state index in [-0.39, 0.29) is 11.8 Å². The molecule has 0 aromatic heterocycles. The number of rotatable bonds is 4. The van der Waals surface area contributed by atoms with Crippen LogP contribution in [-0.4, -0.2) is 22.9 Å². The number of hydrogen-bond acceptors (Lipinski definition) is 3. The van der Waals surface area contributed by atoms with Crippen LogP contribution in [0.25, 0.3) is 0 Å². The molecule has 0 bridgehead atoms. The second-order valence-corrected chi connectivity index (χ2v) is 8.58. The number of nitrogens with one attached hydrogen (secondary N) is 1. The molecule has 5 nitrogen and oxygen atoms in total. The molecule has 1 N–H and O–H groups in total. The van der Waals surface area contributed by atoms with Crippen LogP contribution in [0.3, 0.4) is 0 Å². The third-order valence-electron chi connectivity index (χ3n) is 5.16. The number of nitrogens with zero attached hydrogens (tertiary/aromatic N) is 1. The summed E-state index contributed by atoms with van der Waals surface area (Å²) in [5, 5.41) is 2.91. The van der Waals surface area contributed by atoms with Gasteiger partial charge in [-0.3, -0.25) is 9.59 Å². The minimum absolute atomic E-state index is 0.211. The molecular weight excluding hydrogens is 396 g/mol. The van der Waals surface area contributed by atoms with Crippen LogP contribution in [0.5, 0.6) is 0 Å². The third-order valence-corrected chi connectivity index (χ3v) is 6.66. The first-order valence-corrected chi connectivity index (χ1v) is 10.9. The largest absolute Gasteiger partial charge is 0.606 e. The molecule has 0 saturated heterocycles. The van der Waals surface area contributed by atoms with Crippen LogP contribution in [0.4, 0.5) is 5.69 Å². The average molecular weight is 419 g/mol. The molecule has 2 amide bonds. The van der Waals surface area contributed by atoms with Crippen molar-refractivity contribution in [3.8, 4) is 0 Å². The number of anilines is 1. The lowest BCUT2D eigenvalue weighted by Gasteiger charge is -2.20. The predicted octanol–water partition coefficient (Wildman–Crippen LogP) is 4.07. The summed E-state index contributed by atoms with van der Waals surface area (Å²) in [6.45, 7) is 4.69. The number of hydrogen-bond donors (Lipinski definition) is 1. The van der Waals surface area contributed by atoms with Gasteiger partial charge < -0.3 is 14.8 Å². The summed E-state index contributed by atoms with van der Waals surface area (Å²) in [4.78, 5) is 28.4. The smallest absolute Gasteiger partial charge is 0.263 e. The predicted molar refractivity (Wildman–Crippen MR) is 117 cm³/mol. The summed E-state index contributed by atoms with van der Waals surface area (Å²) in [5.74, 6) is -0.452. The number of carbonyl (C=O) groups excluding carboxylic acids is 2.